The fraction of sp³-hybridized carbons (Fsp3) is 0.0714. The number of nitrogens with one attached hydrogen (secondary N) is 2. The molecule has 0 saturated heterocycles. The number of urea groups is 1. The molecular formula is C14H16N4O6S2. The Morgan fingerprint density at radius 3 is 1.85 bits per heavy atom. The van der Waals surface area contributed by atoms with E-state index >= 15 is 0 Å². The van der Waals surface area contributed by atoms with Gasteiger partial charge >= 0.3 is 6.03 Å². The van der Waals surface area contributed by atoms with Gasteiger partial charge in [0.05, 0.1) is 7.11 Å². The van der Waals surface area contributed by atoms with Crippen LogP contribution in [0.15, 0.2) is 52.3 Å². The van der Waals surface area contributed by atoms with Gasteiger partial charge in [-0.2, -0.15) is 0 Å². The molecule has 0 atom stereocenters. The van der Waals surface area contributed by atoms with Crippen molar-refractivity contribution in [2.45, 2.75) is 9.79 Å². The number of carbonyl (C=O) groups excluding carboxylic acids is 1. The number of ether oxygens (including phenoxy) is 1. The zero-order valence-corrected chi connectivity index (χ0v) is 15.1. The Labute approximate surface area is 150 Å². The smallest absolute Gasteiger partial charge is 0.323 e. The molecule has 0 radical (unpaired) electrons. The Bertz CT molecular complexity index is 1030. The second-order valence-electron chi connectivity index (χ2n) is 5.06. The molecule has 6 N–H and O–H groups in total. The number of rotatable bonds is 5. The van der Waals surface area contributed by atoms with Crippen LogP contribution in [0.1, 0.15) is 0 Å². The summed E-state index contributed by atoms with van der Waals surface area (Å²) in [6.07, 6.45) is 0. The third-order valence-electron chi connectivity index (χ3n) is 3.16. The van der Waals surface area contributed by atoms with E-state index in [1.54, 1.807) is 24.3 Å². The normalized spacial score (nSPS) is 11.7. The van der Waals surface area contributed by atoms with Crippen LogP contribution in [0.25, 0.3) is 0 Å². The summed E-state index contributed by atoms with van der Waals surface area (Å²) in [4.78, 5) is 10.6. The van der Waals surface area contributed by atoms with Gasteiger partial charge in [0.2, 0.25) is 20.0 Å². The maximum Gasteiger partial charge on any atom is 0.323 e. The van der Waals surface area contributed by atoms with Gasteiger partial charge in [0, 0.05) is 11.4 Å². The zero-order valence-electron chi connectivity index (χ0n) is 13.5. The average molecular weight is 400 g/mol. The van der Waals surface area contributed by atoms with Crippen molar-refractivity contribution in [3.05, 3.63) is 42.5 Å². The van der Waals surface area contributed by atoms with Gasteiger partial charge in [0.25, 0.3) is 0 Å². The first-order valence-corrected chi connectivity index (χ1v) is 10.0. The van der Waals surface area contributed by atoms with Gasteiger partial charge in [0.15, 0.2) is 0 Å². The summed E-state index contributed by atoms with van der Waals surface area (Å²) in [5, 5.41) is 14.9. The molecule has 140 valence electrons. The lowest BCUT2D eigenvalue weighted by molar-refractivity contribution is 0.262. The van der Waals surface area contributed by atoms with Crippen molar-refractivity contribution in [2.24, 2.45) is 10.3 Å². The number of primary sulfonamides is 2. The van der Waals surface area contributed by atoms with Crippen molar-refractivity contribution in [2.75, 3.05) is 17.7 Å². The summed E-state index contributed by atoms with van der Waals surface area (Å²) in [6, 6.07) is 8.81. The van der Waals surface area contributed by atoms with E-state index in [1.165, 1.54) is 13.2 Å². The Kier molecular flexibility index (Phi) is 5.51. The van der Waals surface area contributed by atoms with E-state index in [2.05, 4.69) is 10.6 Å². The largest absolute Gasteiger partial charge is 0.497 e. The third kappa shape index (κ3) is 4.92. The van der Waals surface area contributed by atoms with E-state index in [0.29, 0.717) is 11.4 Å². The Morgan fingerprint density at radius 1 is 0.846 bits per heavy atom. The highest BCUT2D eigenvalue weighted by atomic mass is 32.2. The summed E-state index contributed by atoms with van der Waals surface area (Å²) in [7, 11) is -7.20. The number of nitrogens with two attached hydrogens (primary N) is 2. The number of anilines is 2. The molecule has 0 fully saturated rings. The molecule has 2 aromatic carbocycles. The van der Waals surface area contributed by atoms with Gasteiger partial charge in [-0.05, 0) is 42.5 Å². The number of amides is 2. The predicted octanol–water partition coefficient (Wildman–Crippen LogP) is 0.634. The summed E-state index contributed by atoms with van der Waals surface area (Å²) in [6.45, 7) is 0. The molecule has 0 heterocycles. The maximum absolute atomic E-state index is 12.0. The molecule has 0 unspecified atom stereocenters. The molecule has 2 rings (SSSR count). The van der Waals surface area contributed by atoms with Crippen LogP contribution in [-0.2, 0) is 20.0 Å². The summed E-state index contributed by atoms with van der Waals surface area (Å²) in [5.74, 6) is 0.604. The van der Waals surface area contributed by atoms with Crippen molar-refractivity contribution in [1.82, 2.24) is 0 Å². The van der Waals surface area contributed by atoms with E-state index < -0.39 is 35.9 Å². The monoisotopic (exact) mass is 400 g/mol. The predicted molar refractivity (Wildman–Crippen MR) is 94.8 cm³/mol. The van der Waals surface area contributed by atoms with Crippen LogP contribution in [0, 0.1) is 0 Å². The highest BCUT2D eigenvalue weighted by Gasteiger charge is 2.22. The molecule has 0 aliphatic carbocycles. The molecule has 0 spiro atoms. The number of carbonyl (C=O) groups is 1. The molecule has 0 aromatic heterocycles. The van der Waals surface area contributed by atoms with E-state index in [-0.39, 0.29) is 5.69 Å². The van der Waals surface area contributed by atoms with Crippen molar-refractivity contribution in [1.29, 1.82) is 0 Å². The van der Waals surface area contributed by atoms with Gasteiger partial charge in [-0.3, -0.25) is 0 Å². The number of hydrogen-bond acceptors (Lipinski definition) is 6. The molecule has 2 amide bonds. The Morgan fingerprint density at radius 2 is 1.35 bits per heavy atom. The minimum absolute atomic E-state index is 0.00689. The van der Waals surface area contributed by atoms with Crippen LogP contribution in [0.2, 0.25) is 0 Å². The summed E-state index contributed by atoms with van der Waals surface area (Å²) < 4.78 is 51.2. The average Bonchev–Trinajstić information content (AvgIpc) is 2.53. The first-order valence-electron chi connectivity index (χ1n) is 6.92. The number of methoxy groups -OCH3 is 1. The molecular weight excluding hydrogens is 384 g/mol. The van der Waals surface area contributed by atoms with Gasteiger partial charge in [-0.1, -0.05) is 0 Å². The molecule has 0 bridgehead atoms. The molecule has 10 nitrogen and oxygen atoms in total. The van der Waals surface area contributed by atoms with Crippen LogP contribution >= 0.6 is 0 Å². The summed E-state index contributed by atoms with van der Waals surface area (Å²) >= 11 is 0. The molecule has 0 aliphatic rings. The van der Waals surface area contributed by atoms with Gasteiger partial charge in [0.1, 0.15) is 15.5 Å². The van der Waals surface area contributed by atoms with Gasteiger partial charge in [-0.15, -0.1) is 0 Å². The number of sulfonamides is 2. The quantitative estimate of drug-likeness (QED) is 0.573. The van der Waals surface area contributed by atoms with Gasteiger partial charge in [-0.25, -0.2) is 31.9 Å². The third-order valence-corrected chi connectivity index (χ3v) is 5.21. The number of hydrogen-bond donors (Lipinski definition) is 4. The molecule has 2 aromatic rings. The van der Waals surface area contributed by atoms with Crippen LogP contribution in [0.4, 0.5) is 16.2 Å². The van der Waals surface area contributed by atoms with E-state index in [0.717, 1.165) is 12.1 Å². The molecule has 0 saturated carbocycles. The SMILES string of the molecule is COc1ccc(NC(=O)Nc2ccc(S(N)(=O)=O)c(S(N)(=O)=O)c2)cc1. The first-order chi connectivity index (χ1) is 12.0. The lowest BCUT2D eigenvalue weighted by atomic mass is 10.3. The Balaban J connectivity index is 2.25. The molecule has 0 aliphatic heterocycles. The number of benzene rings is 2. The van der Waals surface area contributed by atoms with Crippen molar-refractivity contribution in [3.63, 3.8) is 0 Å². The maximum atomic E-state index is 12.0. The van der Waals surface area contributed by atoms with Crippen LogP contribution in [-0.4, -0.2) is 30.0 Å². The van der Waals surface area contributed by atoms with E-state index in [1.807, 2.05) is 0 Å². The molecule has 26 heavy (non-hydrogen) atoms. The fourth-order valence-corrected chi connectivity index (χ4v) is 3.94. The van der Waals surface area contributed by atoms with Crippen molar-refractivity contribution < 1.29 is 26.4 Å². The first kappa shape index (κ1) is 19.7. The second-order valence-corrected chi connectivity index (χ2v) is 8.12. The minimum Gasteiger partial charge on any atom is -0.497 e. The standard InChI is InChI=1S/C14H16N4O6S2/c1-24-11-5-2-9(3-6-11)17-14(19)18-10-4-7-12(25(15,20)21)13(8-10)26(16,22)23/h2-8H,1H3,(H2,15,20,21)(H2,16,22,23)(H2,17,18,19). The molecule has 12 heteroatoms. The summed E-state index contributed by atoms with van der Waals surface area (Å²) in [5.41, 5.74) is 0.462. The Hall–Kier alpha value is -2.67. The van der Waals surface area contributed by atoms with Crippen LogP contribution in [0.5, 0.6) is 5.75 Å². The van der Waals surface area contributed by atoms with Crippen LogP contribution in [0.3, 0.4) is 0 Å². The highest BCUT2D eigenvalue weighted by Crippen LogP contribution is 2.23. The van der Waals surface area contributed by atoms with Gasteiger partial charge < -0.3 is 15.4 Å². The van der Waals surface area contributed by atoms with Crippen LogP contribution < -0.4 is 25.6 Å². The fourth-order valence-electron chi connectivity index (χ4n) is 2.01. The second kappa shape index (κ2) is 7.29. The van der Waals surface area contributed by atoms with E-state index in [4.69, 9.17) is 15.0 Å². The zero-order chi connectivity index (χ0) is 19.5. The van der Waals surface area contributed by atoms with Crippen molar-refractivity contribution in [3.8, 4) is 5.75 Å². The highest BCUT2D eigenvalue weighted by molar-refractivity contribution is 7.92. The lowest BCUT2D eigenvalue weighted by Gasteiger charge is -2.11. The minimum atomic E-state index is -4.39. The topological polar surface area (TPSA) is 171 Å². The lowest BCUT2D eigenvalue weighted by Crippen LogP contribution is -2.22. The van der Waals surface area contributed by atoms with E-state index in [9.17, 15) is 21.6 Å². The van der Waals surface area contributed by atoms with Crippen molar-refractivity contribution >= 4 is 37.5 Å².